The van der Waals surface area contributed by atoms with Gasteiger partial charge in [-0.2, -0.15) is 0 Å². The number of methoxy groups -OCH3 is 1. The van der Waals surface area contributed by atoms with E-state index in [9.17, 15) is 24.3 Å². The Balaban J connectivity index is 1.13. The van der Waals surface area contributed by atoms with E-state index < -0.39 is 24.3 Å². The molecule has 4 heterocycles. The van der Waals surface area contributed by atoms with Gasteiger partial charge in [-0.05, 0) is 62.5 Å². The number of H-pyrrole nitrogens is 2. The fourth-order valence-corrected chi connectivity index (χ4v) is 8.25. The van der Waals surface area contributed by atoms with E-state index in [0.29, 0.717) is 11.6 Å². The highest BCUT2D eigenvalue weighted by Gasteiger charge is 2.43. The van der Waals surface area contributed by atoms with Crippen molar-refractivity contribution in [1.82, 2.24) is 40.0 Å². The van der Waals surface area contributed by atoms with Gasteiger partial charge < -0.3 is 34.9 Å². The molecule has 0 bridgehead atoms. The van der Waals surface area contributed by atoms with E-state index in [0.717, 1.165) is 64.2 Å². The van der Waals surface area contributed by atoms with Gasteiger partial charge in [0.05, 0.1) is 30.6 Å². The van der Waals surface area contributed by atoms with Crippen LogP contribution in [-0.2, 0) is 14.3 Å². The molecule has 2 aliphatic rings. The highest BCUT2D eigenvalue weighted by molar-refractivity contribution is 5.87. The molecule has 0 radical (unpaired) electrons. The molecule has 2 aromatic heterocycles. The van der Waals surface area contributed by atoms with Crippen LogP contribution in [0.1, 0.15) is 91.0 Å². The molecule has 14 heteroatoms. The summed E-state index contributed by atoms with van der Waals surface area (Å²) in [6.07, 6.45) is 5.11. The van der Waals surface area contributed by atoms with Crippen molar-refractivity contribution in [1.29, 1.82) is 0 Å². The number of benzene rings is 2. The Morgan fingerprint density at radius 3 is 1.55 bits per heavy atom. The van der Waals surface area contributed by atoms with Gasteiger partial charge in [0.25, 0.3) is 0 Å². The Morgan fingerprint density at radius 2 is 1.16 bits per heavy atom. The van der Waals surface area contributed by atoms with Crippen LogP contribution in [0.5, 0.6) is 0 Å². The molecule has 56 heavy (non-hydrogen) atoms. The molecule has 0 aliphatic carbocycles. The van der Waals surface area contributed by atoms with Gasteiger partial charge in [0.2, 0.25) is 11.8 Å². The minimum atomic E-state index is -1.13. The van der Waals surface area contributed by atoms with E-state index >= 15 is 0 Å². The normalized spacial score (nSPS) is 20.7. The number of carbonyl (C=O) groups excluding carboxylic acids is 3. The number of amides is 4. The summed E-state index contributed by atoms with van der Waals surface area (Å²) >= 11 is 0. The number of hydrogen-bond acceptors (Lipinski definition) is 7. The van der Waals surface area contributed by atoms with Crippen LogP contribution < -0.4 is 5.32 Å². The van der Waals surface area contributed by atoms with Crippen LogP contribution in [0.15, 0.2) is 60.9 Å². The summed E-state index contributed by atoms with van der Waals surface area (Å²) < 4.78 is 4.78. The predicted molar refractivity (Wildman–Crippen MR) is 212 cm³/mol. The number of alkyl carbamates (subject to hydrolysis) is 1. The zero-order chi connectivity index (χ0) is 40.4. The maximum Gasteiger partial charge on any atom is 0.407 e. The van der Waals surface area contributed by atoms with Gasteiger partial charge in [-0.15, -0.1) is 0 Å². The van der Waals surface area contributed by atoms with Crippen molar-refractivity contribution in [3.05, 3.63) is 72.6 Å². The summed E-state index contributed by atoms with van der Waals surface area (Å²) in [5.74, 6) is 0.754. The number of hydrogen-bond donors (Lipinski definition) is 4. The van der Waals surface area contributed by atoms with Crippen LogP contribution in [0.3, 0.4) is 0 Å². The van der Waals surface area contributed by atoms with Crippen LogP contribution in [0.4, 0.5) is 9.59 Å². The van der Waals surface area contributed by atoms with E-state index in [2.05, 4.69) is 39.6 Å². The zero-order valence-electron chi connectivity index (χ0n) is 33.4. The Bertz CT molecular complexity index is 2020. The van der Waals surface area contributed by atoms with Crippen molar-refractivity contribution in [3.8, 4) is 33.6 Å². The number of nitrogens with one attached hydrogen (secondary N) is 3. The van der Waals surface area contributed by atoms with Gasteiger partial charge >= 0.3 is 12.2 Å². The van der Waals surface area contributed by atoms with Crippen LogP contribution >= 0.6 is 0 Å². The molecule has 2 unspecified atom stereocenters. The molecule has 2 aromatic carbocycles. The molecule has 0 saturated carbocycles. The third-order valence-electron chi connectivity index (χ3n) is 11.4. The minimum Gasteiger partial charge on any atom is -0.465 e. The zero-order valence-corrected chi connectivity index (χ0v) is 33.4. The number of carboxylic acid groups (broad SMARTS) is 1. The first-order chi connectivity index (χ1) is 26.7. The highest BCUT2D eigenvalue weighted by Crippen LogP contribution is 2.39. The number of likely N-dealkylation sites (tertiary alicyclic amines) is 2. The van der Waals surface area contributed by atoms with Crippen molar-refractivity contribution in [2.45, 2.75) is 103 Å². The summed E-state index contributed by atoms with van der Waals surface area (Å²) in [4.78, 5) is 72.6. The van der Waals surface area contributed by atoms with Crippen LogP contribution in [0, 0.1) is 11.8 Å². The number of aromatic amines is 2. The Hall–Kier alpha value is -5.66. The summed E-state index contributed by atoms with van der Waals surface area (Å²) in [6.45, 7) is 11.6. The lowest BCUT2D eigenvalue weighted by molar-refractivity contribution is -0.140. The van der Waals surface area contributed by atoms with E-state index in [1.54, 1.807) is 0 Å². The van der Waals surface area contributed by atoms with Gasteiger partial charge in [-0.25, -0.2) is 19.6 Å². The van der Waals surface area contributed by atoms with Crippen LogP contribution in [0.25, 0.3) is 33.6 Å². The van der Waals surface area contributed by atoms with Crippen molar-refractivity contribution >= 4 is 24.0 Å². The second-order valence-electron chi connectivity index (χ2n) is 15.8. The lowest BCUT2D eigenvalue weighted by Crippen LogP contribution is -2.53. The second-order valence-corrected chi connectivity index (χ2v) is 15.8. The van der Waals surface area contributed by atoms with Gasteiger partial charge in [0.1, 0.15) is 23.7 Å². The SMILES string of the molecule is COC(=O)N[C@H](C(=O)N1C(C)CCC1c1nc(-c2ccc(-c3ccc(-c4c[nH]c([C@@H]5CC[C@H](C)N5C(=O)[C@@H](C(C)C)N(C)C(=O)O)n4)cc3)cc2)c[nH]1)C(C)C. The predicted octanol–water partition coefficient (Wildman–Crippen LogP) is 7.25. The van der Waals surface area contributed by atoms with Crippen LogP contribution in [-0.4, -0.2) is 102 Å². The number of imidazole rings is 2. The molecule has 6 rings (SSSR count). The van der Waals surface area contributed by atoms with Gasteiger partial charge in [-0.1, -0.05) is 76.2 Å². The number of ether oxygens (including phenoxy) is 1. The second kappa shape index (κ2) is 16.6. The molecular weight excluding hydrogens is 713 g/mol. The van der Waals surface area contributed by atoms with E-state index in [1.165, 1.54) is 14.2 Å². The quantitative estimate of drug-likeness (QED) is 0.123. The molecule has 4 aromatic rings. The average molecular weight is 767 g/mol. The van der Waals surface area contributed by atoms with Gasteiger partial charge in [0.15, 0.2) is 0 Å². The monoisotopic (exact) mass is 766 g/mol. The van der Waals surface area contributed by atoms with Gasteiger partial charge in [-0.3, -0.25) is 14.5 Å². The maximum atomic E-state index is 13.8. The largest absolute Gasteiger partial charge is 0.465 e. The lowest BCUT2D eigenvalue weighted by atomic mass is 10.0. The molecule has 6 atom stereocenters. The van der Waals surface area contributed by atoms with Crippen LogP contribution in [0.2, 0.25) is 0 Å². The lowest BCUT2D eigenvalue weighted by Gasteiger charge is -2.36. The fourth-order valence-electron chi connectivity index (χ4n) is 8.25. The Morgan fingerprint density at radius 1 is 0.732 bits per heavy atom. The molecular formula is C42H54N8O6. The Labute approximate surface area is 328 Å². The fraction of sp³-hybridized carbons (Fsp3) is 0.476. The first kappa shape index (κ1) is 40.0. The first-order valence-electron chi connectivity index (χ1n) is 19.5. The van der Waals surface area contributed by atoms with E-state index in [-0.39, 0.29) is 47.8 Å². The number of likely N-dealkylation sites (N-methyl/N-ethyl adjacent to an activating group) is 1. The molecule has 4 N–H and O–H groups in total. The van der Waals surface area contributed by atoms with E-state index in [1.807, 2.05) is 88.0 Å². The Kier molecular flexibility index (Phi) is 11.9. The van der Waals surface area contributed by atoms with E-state index in [4.69, 9.17) is 14.7 Å². The number of aromatic nitrogens is 4. The molecule has 298 valence electrons. The van der Waals surface area contributed by atoms with Crippen molar-refractivity contribution in [2.75, 3.05) is 14.2 Å². The molecule has 14 nitrogen and oxygen atoms in total. The molecule has 2 aliphatic heterocycles. The third kappa shape index (κ3) is 8.00. The smallest absolute Gasteiger partial charge is 0.407 e. The van der Waals surface area contributed by atoms with Crippen molar-refractivity contribution in [3.63, 3.8) is 0 Å². The summed E-state index contributed by atoms with van der Waals surface area (Å²) in [6, 6.07) is 14.3. The van der Waals surface area contributed by atoms with Gasteiger partial charge in [0, 0.05) is 42.7 Å². The summed E-state index contributed by atoms with van der Waals surface area (Å²) in [5.41, 5.74) is 5.50. The van der Waals surface area contributed by atoms with Crippen molar-refractivity contribution < 1.29 is 29.0 Å². The molecule has 0 spiro atoms. The van der Waals surface area contributed by atoms with Crippen molar-refractivity contribution in [2.24, 2.45) is 11.8 Å². The standard InChI is InChI=1S/C42H54N8O6/c1-23(2)35(47-41(53)56-8)39(51)49-25(5)9-19-33(49)37-43-21-31(45-37)29-15-11-27(12-16-29)28-13-17-30(18-14-28)32-22-44-38(46-32)34-20-10-26(6)50(34)40(52)36(24(3)4)48(7)42(54)55/h11-18,21-26,33-36H,9-10,19-20H2,1-8H3,(H,43,45)(H,44,46)(H,47,53)(H,54,55)/t25?,26-,33?,34-,35-,36+/m0/s1. The number of nitrogens with zero attached hydrogens (tertiary/aromatic N) is 5. The third-order valence-corrected chi connectivity index (χ3v) is 11.4. The molecule has 2 fully saturated rings. The highest BCUT2D eigenvalue weighted by atomic mass is 16.5. The molecule has 2 saturated heterocycles. The topological polar surface area (TPSA) is 177 Å². The summed E-state index contributed by atoms with van der Waals surface area (Å²) in [7, 11) is 2.74. The minimum absolute atomic E-state index is 0.00305. The molecule has 4 amide bonds. The number of rotatable bonds is 11. The summed E-state index contributed by atoms with van der Waals surface area (Å²) in [5, 5.41) is 12.4. The maximum absolute atomic E-state index is 13.8. The average Bonchev–Trinajstić information content (AvgIpc) is 4.00. The number of carbonyl (C=O) groups is 4. The first-order valence-corrected chi connectivity index (χ1v) is 19.5.